The molecule has 0 spiro atoms. The number of nitrogens with zero attached hydrogens (tertiary/aromatic N) is 1. The lowest BCUT2D eigenvalue weighted by Gasteiger charge is -2.09. The van der Waals surface area contributed by atoms with Gasteiger partial charge < -0.3 is 4.74 Å². The summed E-state index contributed by atoms with van der Waals surface area (Å²) in [5.41, 5.74) is 2.49. The highest BCUT2D eigenvalue weighted by molar-refractivity contribution is 6.02. The van der Waals surface area contributed by atoms with Crippen molar-refractivity contribution in [2.45, 2.75) is 6.92 Å². The largest absolute Gasteiger partial charge is 0.493 e. The molecule has 0 N–H and O–H groups in total. The smallest absolute Gasteiger partial charge is 0.126 e. The fourth-order valence-corrected chi connectivity index (χ4v) is 2.67. The summed E-state index contributed by atoms with van der Waals surface area (Å²) in [6.07, 6.45) is 1.90. The van der Waals surface area contributed by atoms with Crippen molar-refractivity contribution in [1.29, 1.82) is 5.26 Å². The first-order valence-corrected chi connectivity index (χ1v) is 7.65. The van der Waals surface area contributed by atoms with Crippen LogP contribution < -0.4 is 4.74 Å². The summed E-state index contributed by atoms with van der Waals surface area (Å²) < 4.78 is 5.65. The third-order valence-electron chi connectivity index (χ3n) is 3.72. The normalized spacial score (nSPS) is 11.2. The third-order valence-corrected chi connectivity index (χ3v) is 3.72. The third kappa shape index (κ3) is 3.09. The summed E-state index contributed by atoms with van der Waals surface area (Å²) in [4.78, 5) is 0. The molecule has 0 atom stereocenters. The van der Waals surface area contributed by atoms with Crippen molar-refractivity contribution in [3.05, 3.63) is 77.9 Å². The summed E-state index contributed by atoms with van der Waals surface area (Å²) in [5.74, 6) is 0.794. The van der Waals surface area contributed by atoms with Crippen molar-refractivity contribution in [3.63, 3.8) is 0 Å². The zero-order chi connectivity index (χ0) is 16.1. The standard InChI is InChI=1S/C21H17NO/c1-2-23-21-13-6-4-9-17(21)14-18(15-22)20-12-7-10-16-8-3-5-11-19(16)20/h3-14H,2H2,1H3/b18-14-. The molecule has 0 heterocycles. The molecular weight excluding hydrogens is 282 g/mol. The van der Waals surface area contributed by atoms with Crippen molar-refractivity contribution >= 4 is 22.4 Å². The molecule has 0 bridgehead atoms. The number of benzene rings is 3. The SMILES string of the molecule is CCOc1ccccc1/C=C(/C#N)c1cccc2ccccc12. The molecule has 3 aromatic carbocycles. The molecule has 112 valence electrons. The van der Waals surface area contributed by atoms with Crippen LogP contribution in [-0.2, 0) is 0 Å². The maximum Gasteiger partial charge on any atom is 0.126 e. The summed E-state index contributed by atoms with van der Waals surface area (Å²) in [6.45, 7) is 2.55. The molecular formula is C21H17NO. The molecule has 23 heavy (non-hydrogen) atoms. The first kappa shape index (κ1) is 14.9. The van der Waals surface area contributed by atoms with E-state index in [2.05, 4.69) is 18.2 Å². The van der Waals surface area contributed by atoms with Crippen LogP contribution in [0.2, 0.25) is 0 Å². The van der Waals surface area contributed by atoms with Crippen LogP contribution in [0.3, 0.4) is 0 Å². The zero-order valence-electron chi connectivity index (χ0n) is 13.0. The second-order valence-corrected chi connectivity index (χ2v) is 5.17. The van der Waals surface area contributed by atoms with E-state index < -0.39 is 0 Å². The van der Waals surface area contributed by atoms with Gasteiger partial charge in [-0.15, -0.1) is 0 Å². The Balaban J connectivity index is 2.15. The van der Waals surface area contributed by atoms with E-state index in [-0.39, 0.29) is 0 Å². The molecule has 2 nitrogen and oxygen atoms in total. The van der Waals surface area contributed by atoms with E-state index in [1.807, 2.05) is 67.6 Å². The first-order chi connectivity index (χ1) is 11.3. The fourth-order valence-electron chi connectivity index (χ4n) is 2.67. The van der Waals surface area contributed by atoms with Gasteiger partial charge in [0.15, 0.2) is 0 Å². The molecule has 0 aliphatic heterocycles. The van der Waals surface area contributed by atoms with E-state index in [0.29, 0.717) is 12.2 Å². The second kappa shape index (κ2) is 6.81. The van der Waals surface area contributed by atoms with Crippen molar-refractivity contribution in [2.24, 2.45) is 0 Å². The Morgan fingerprint density at radius 1 is 1.00 bits per heavy atom. The molecule has 0 aromatic heterocycles. The summed E-state index contributed by atoms with van der Waals surface area (Å²) in [7, 11) is 0. The van der Waals surface area contributed by atoms with E-state index in [0.717, 1.165) is 27.6 Å². The predicted octanol–water partition coefficient (Wildman–Crippen LogP) is 5.30. The van der Waals surface area contributed by atoms with Crippen LogP contribution in [0, 0.1) is 11.3 Å². The average Bonchev–Trinajstić information content (AvgIpc) is 2.61. The van der Waals surface area contributed by atoms with Crippen LogP contribution in [0.4, 0.5) is 0 Å². The van der Waals surface area contributed by atoms with E-state index in [9.17, 15) is 5.26 Å². The van der Waals surface area contributed by atoms with Gasteiger partial charge in [0.05, 0.1) is 18.2 Å². The molecule has 0 fully saturated rings. The van der Waals surface area contributed by atoms with Gasteiger partial charge in [0, 0.05) is 11.1 Å². The minimum Gasteiger partial charge on any atom is -0.493 e. The van der Waals surface area contributed by atoms with Gasteiger partial charge >= 0.3 is 0 Å². The highest BCUT2D eigenvalue weighted by atomic mass is 16.5. The van der Waals surface area contributed by atoms with Crippen molar-refractivity contribution in [2.75, 3.05) is 6.61 Å². The minimum atomic E-state index is 0.598. The van der Waals surface area contributed by atoms with Crippen molar-refractivity contribution in [1.82, 2.24) is 0 Å². The molecule has 0 aliphatic rings. The van der Waals surface area contributed by atoms with Gasteiger partial charge in [0.1, 0.15) is 5.75 Å². The molecule has 0 saturated carbocycles. The Labute approximate surface area is 136 Å². The Hall–Kier alpha value is -3.05. The Bertz CT molecular complexity index is 898. The lowest BCUT2D eigenvalue weighted by Crippen LogP contribution is -1.94. The van der Waals surface area contributed by atoms with Gasteiger partial charge in [-0.05, 0) is 29.8 Å². The Morgan fingerprint density at radius 3 is 2.57 bits per heavy atom. The van der Waals surface area contributed by atoms with Crippen LogP contribution in [0.15, 0.2) is 66.7 Å². The monoisotopic (exact) mass is 299 g/mol. The van der Waals surface area contributed by atoms with Crippen LogP contribution in [0.5, 0.6) is 5.75 Å². The molecule has 0 radical (unpaired) electrons. The van der Waals surface area contributed by atoms with Crippen LogP contribution >= 0.6 is 0 Å². The number of rotatable bonds is 4. The number of allylic oxidation sites excluding steroid dienone is 1. The topological polar surface area (TPSA) is 33.0 Å². The van der Waals surface area contributed by atoms with Gasteiger partial charge in [0.2, 0.25) is 0 Å². The number of hydrogen-bond donors (Lipinski definition) is 0. The van der Waals surface area contributed by atoms with Gasteiger partial charge in [-0.2, -0.15) is 5.26 Å². The van der Waals surface area contributed by atoms with E-state index in [4.69, 9.17) is 4.74 Å². The summed E-state index contributed by atoms with van der Waals surface area (Å²) >= 11 is 0. The Morgan fingerprint density at radius 2 is 1.74 bits per heavy atom. The van der Waals surface area contributed by atoms with Crippen LogP contribution in [-0.4, -0.2) is 6.61 Å². The number of nitriles is 1. The zero-order valence-corrected chi connectivity index (χ0v) is 13.0. The van der Waals surface area contributed by atoms with Gasteiger partial charge in [-0.1, -0.05) is 60.7 Å². The quantitative estimate of drug-likeness (QED) is 0.483. The van der Waals surface area contributed by atoms with E-state index in [1.54, 1.807) is 0 Å². The molecule has 3 rings (SSSR count). The highest BCUT2D eigenvalue weighted by Gasteiger charge is 2.08. The molecule has 0 saturated heterocycles. The summed E-state index contributed by atoms with van der Waals surface area (Å²) in [6, 6.07) is 24.2. The molecule has 0 aliphatic carbocycles. The minimum absolute atomic E-state index is 0.598. The molecule has 0 unspecified atom stereocenters. The van der Waals surface area contributed by atoms with E-state index >= 15 is 0 Å². The lowest BCUT2D eigenvalue weighted by atomic mass is 9.97. The van der Waals surface area contributed by atoms with Gasteiger partial charge in [-0.25, -0.2) is 0 Å². The number of fused-ring (bicyclic) bond motifs is 1. The van der Waals surface area contributed by atoms with Crippen molar-refractivity contribution in [3.8, 4) is 11.8 Å². The highest BCUT2D eigenvalue weighted by Crippen LogP contribution is 2.28. The van der Waals surface area contributed by atoms with Gasteiger partial charge in [0.25, 0.3) is 0 Å². The molecule has 2 heteroatoms. The second-order valence-electron chi connectivity index (χ2n) is 5.17. The van der Waals surface area contributed by atoms with Crippen LogP contribution in [0.1, 0.15) is 18.1 Å². The number of hydrogen-bond acceptors (Lipinski definition) is 2. The molecule has 0 amide bonds. The van der Waals surface area contributed by atoms with Gasteiger partial charge in [-0.3, -0.25) is 0 Å². The fraction of sp³-hybridized carbons (Fsp3) is 0.0952. The maximum atomic E-state index is 9.66. The van der Waals surface area contributed by atoms with Crippen molar-refractivity contribution < 1.29 is 4.74 Å². The molecule has 3 aromatic rings. The summed E-state index contributed by atoms with van der Waals surface area (Å²) in [5, 5.41) is 11.9. The lowest BCUT2D eigenvalue weighted by molar-refractivity contribution is 0.339. The van der Waals surface area contributed by atoms with Crippen LogP contribution in [0.25, 0.3) is 22.4 Å². The number of ether oxygens (including phenoxy) is 1. The predicted molar refractivity (Wildman–Crippen MR) is 95.0 cm³/mol. The van der Waals surface area contributed by atoms with E-state index in [1.165, 1.54) is 0 Å². The first-order valence-electron chi connectivity index (χ1n) is 7.65. The number of para-hydroxylation sites is 1. The average molecular weight is 299 g/mol. The maximum absolute atomic E-state index is 9.66. The Kier molecular flexibility index (Phi) is 4.40.